The molecule has 0 bridgehead atoms. The van der Waals surface area contributed by atoms with Crippen LogP contribution in [-0.2, 0) is 0 Å². The Labute approximate surface area is 149 Å². The molecule has 5 heteroatoms. The van der Waals surface area contributed by atoms with Crippen LogP contribution in [0.3, 0.4) is 0 Å². The maximum absolute atomic E-state index is 4.19. The molecule has 2 unspecified atom stereocenters. The molecule has 1 aromatic rings. The molecule has 0 radical (unpaired) electrons. The summed E-state index contributed by atoms with van der Waals surface area (Å²) in [4.78, 5) is 0. The van der Waals surface area contributed by atoms with Crippen LogP contribution < -0.4 is 10.6 Å². The highest BCUT2D eigenvalue weighted by atomic mass is 15.5. The second kappa shape index (κ2) is 13.4. The van der Waals surface area contributed by atoms with Crippen molar-refractivity contribution in [2.24, 2.45) is 11.8 Å². The van der Waals surface area contributed by atoms with E-state index in [1.165, 1.54) is 51.4 Å². The van der Waals surface area contributed by atoms with E-state index in [1.807, 2.05) is 10.9 Å². The molecule has 1 rings (SSSR count). The van der Waals surface area contributed by atoms with Crippen LogP contribution >= 0.6 is 0 Å². The van der Waals surface area contributed by atoms with Crippen molar-refractivity contribution in [1.82, 2.24) is 25.6 Å². The number of unbranched alkanes of at least 4 members (excludes halogenated alkanes) is 2. The van der Waals surface area contributed by atoms with E-state index in [1.54, 1.807) is 6.20 Å². The van der Waals surface area contributed by atoms with E-state index >= 15 is 0 Å². The average Bonchev–Trinajstić information content (AvgIpc) is 3.14. The summed E-state index contributed by atoms with van der Waals surface area (Å²) in [5.74, 6) is 1.47. The molecule has 0 amide bonds. The van der Waals surface area contributed by atoms with Gasteiger partial charge in [0.2, 0.25) is 0 Å². The first-order valence-corrected chi connectivity index (χ1v) is 10.1. The third-order valence-electron chi connectivity index (χ3n) is 4.99. The number of nitrogens with zero attached hydrogens (tertiary/aromatic N) is 3. The van der Waals surface area contributed by atoms with E-state index in [9.17, 15) is 0 Å². The van der Waals surface area contributed by atoms with Crippen molar-refractivity contribution in [3.05, 3.63) is 12.4 Å². The van der Waals surface area contributed by atoms with Crippen LogP contribution in [0.1, 0.15) is 85.4 Å². The molecule has 0 spiro atoms. The Morgan fingerprint density at radius 2 is 1.42 bits per heavy atom. The molecule has 2 N–H and O–H groups in total. The van der Waals surface area contributed by atoms with Gasteiger partial charge >= 0.3 is 0 Å². The third kappa shape index (κ3) is 8.25. The van der Waals surface area contributed by atoms with Gasteiger partial charge in [-0.25, -0.2) is 4.68 Å². The van der Waals surface area contributed by atoms with E-state index in [0.717, 1.165) is 24.9 Å². The Bertz CT molecular complexity index is 359. The Morgan fingerprint density at radius 3 is 1.79 bits per heavy atom. The van der Waals surface area contributed by atoms with Crippen molar-refractivity contribution in [2.45, 2.75) is 85.4 Å². The van der Waals surface area contributed by atoms with Crippen molar-refractivity contribution < 1.29 is 0 Å². The monoisotopic (exact) mass is 337 g/mol. The highest BCUT2D eigenvalue weighted by Crippen LogP contribution is 2.14. The molecule has 0 saturated heterocycles. The summed E-state index contributed by atoms with van der Waals surface area (Å²) < 4.78 is 1.90. The van der Waals surface area contributed by atoms with Gasteiger partial charge in [-0.3, -0.25) is 10.6 Å². The lowest BCUT2D eigenvalue weighted by Crippen LogP contribution is -2.43. The third-order valence-corrected chi connectivity index (χ3v) is 4.99. The van der Waals surface area contributed by atoms with Crippen LogP contribution in [0.4, 0.5) is 0 Å². The molecule has 140 valence electrons. The van der Waals surface area contributed by atoms with E-state index in [4.69, 9.17) is 0 Å². The standard InChI is InChI=1S/C19H39N5/c1-5-9-11-17(7-3)15-20-19(24-14-13-22-23-24)21-16-18(8-4)12-10-6-2/h13-14,17-21H,5-12,15-16H2,1-4H3. The largest absolute Gasteiger partial charge is 0.283 e. The quantitative estimate of drug-likeness (QED) is 0.467. The summed E-state index contributed by atoms with van der Waals surface area (Å²) in [6.07, 6.45) is 14.0. The van der Waals surface area contributed by atoms with E-state index in [-0.39, 0.29) is 6.29 Å². The molecule has 24 heavy (non-hydrogen) atoms. The van der Waals surface area contributed by atoms with Crippen LogP contribution in [0, 0.1) is 11.8 Å². The lowest BCUT2D eigenvalue weighted by molar-refractivity contribution is 0.251. The average molecular weight is 338 g/mol. The van der Waals surface area contributed by atoms with Gasteiger partial charge in [0.25, 0.3) is 0 Å². The minimum absolute atomic E-state index is 0.0406. The Balaban J connectivity index is 2.52. The van der Waals surface area contributed by atoms with Gasteiger partial charge in [0.1, 0.15) is 0 Å². The van der Waals surface area contributed by atoms with Gasteiger partial charge in [0.05, 0.1) is 6.20 Å². The summed E-state index contributed by atoms with van der Waals surface area (Å²) in [7, 11) is 0. The lowest BCUT2D eigenvalue weighted by atomic mass is 9.99. The van der Waals surface area contributed by atoms with E-state index in [0.29, 0.717) is 0 Å². The van der Waals surface area contributed by atoms with Gasteiger partial charge in [-0.15, -0.1) is 5.10 Å². The summed E-state index contributed by atoms with van der Waals surface area (Å²) in [6, 6.07) is 0. The van der Waals surface area contributed by atoms with Gasteiger partial charge < -0.3 is 0 Å². The van der Waals surface area contributed by atoms with E-state index in [2.05, 4.69) is 48.6 Å². The zero-order chi connectivity index (χ0) is 17.6. The first-order valence-electron chi connectivity index (χ1n) is 10.1. The minimum Gasteiger partial charge on any atom is -0.283 e. The van der Waals surface area contributed by atoms with Crippen molar-refractivity contribution in [3.8, 4) is 0 Å². The molecule has 0 fully saturated rings. The summed E-state index contributed by atoms with van der Waals surface area (Å²) in [6.45, 7) is 11.2. The summed E-state index contributed by atoms with van der Waals surface area (Å²) in [5, 5.41) is 15.5. The van der Waals surface area contributed by atoms with Crippen LogP contribution in [-0.4, -0.2) is 28.1 Å². The molecular weight excluding hydrogens is 298 g/mol. The topological polar surface area (TPSA) is 54.8 Å². The maximum Gasteiger partial charge on any atom is 0.157 e. The molecule has 0 saturated carbocycles. The van der Waals surface area contributed by atoms with Gasteiger partial charge in [0.15, 0.2) is 6.29 Å². The van der Waals surface area contributed by atoms with Crippen molar-refractivity contribution in [1.29, 1.82) is 0 Å². The molecule has 0 aliphatic heterocycles. The van der Waals surface area contributed by atoms with Crippen LogP contribution in [0.5, 0.6) is 0 Å². The Kier molecular flexibility index (Phi) is 11.7. The van der Waals surface area contributed by atoms with Gasteiger partial charge in [0, 0.05) is 19.3 Å². The molecule has 0 aromatic carbocycles. The molecule has 5 nitrogen and oxygen atoms in total. The van der Waals surface area contributed by atoms with Crippen molar-refractivity contribution >= 4 is 0 Å². The number of hydrogen-bond acceptors (Lipinski definition) is 4. The molecule has 0 aliphatic rings. The highest BCUT2D eigenvalue weighted by Gasteiger charge is 2.15. The summed E-state index contributed by atoms with van der Waals surface area (Å²) >= 11 is 0. The molecule has 2 atom stereocenters. The highest BCUT2D eigenvalue weighted by molar-refractivity contribution is 4.73. The fourth-order valence-corrected chi connectivity index (χ4v) is 3.06. The van der Waals surface area contributed by atoms with Crippen LogP contribution in [0.15, 0.2) is 12.4 Å². The van der Waals surface area contributed by atoms with Crippen LogP contribution in [0.2, 0.25) is 0 Å². The number of rotatable bonds is 15. The van der Waals surface area contributed by atoms with Crippen LogP contribution in [0.25, 0.3) is 0 Å². The molecular formula is C19H39N5. The van der Waals surface area contributed by atoms with Crippen molar-refractivity contribution in [2.75, 3.05) is 13.1 Å². The predicted octanol–water partition coefficient (Wildman–Crippen LogP) is 4.35. The first kappa shape index (κ1) is 21.1. The Morgan fingerprint density at radius 1 is 0.875 bits per heavy atom. The number of nitrogens with one attached hydrogen (secondary N) is 2. The Hall–Kier alpha value is -0.940. The zero-order valence-corrected chi connectivity index (χ0v) is 16.3. The fourth-order valence-electron chi connectivity index (χ4n) is 3.06. The molecule has 1 aromatic heterocycles. The normalized spacial score (nSPS) is 15.3. The lowest BCUT2D eigenvalue weighted by Gasteiger charge is -2.25. The molecule has 0 aliphatic carbocycles. The smallest absolute Gasteiger partial charge is 0.157 e. The summed E-state index contributed by atoms with van der Waals surface area (Å²) in [5.41, 5.74) is 0. The van der Waals surface area contributed by atoms with Gasteiger partial charge in [-0.05, 0) is 24.7 Å². The van der Waals surface area contributed by atoms with E-state index < -0.39 is 0 Å². The maximum atomic E-state index is 4.19. The minimum atomic E-state index is 0.0406. The predicted molar refractivity (Wildman–Crippen MR) is 102 cm³/mol. The van der Waals surface area contributed by atoms with Crippen molar-refractivity contribution in [3.63, 3.8) is 0 Å². The number of aromatic nitrogens is 3. The second-order valence-electron chi connectivity index (χ2n) is 6.94. The fraction of sp³-hybridized carbons (Fsp3) is 0.895. The number of hydrogen-bond donors (Lipinski definition) is 2. The zero-order valence-electron chi connectivity index (χ0n) is 16.3. The molecule has 1 heterocycles. The van der Waals surface area contributed by atoms with Gasteiger partial charge in [-0.2, -0.15) is 0 Å². The first-order chi connectivity index (χ1) is 11.7. The second-order valence-corrected chi connectivity index (χ2v) is 6.94. The SMILES string of the molecule is CCCCC(CC)CNC(NCC(CC)CCCC)n1ccnn1. The van der Waals surface area contributed by atoms with Gasteiger partial charge in [-0.1, -0.05) is 71.4 Å².